The SMILES string of the molecule is CCCCCCCOCCOCCOC(CCOCCOCC(CC)CCCC)COC(=O)c1ccccc1C(=O)O. The minimum absolute atomic E-state index is 0.00941. The number of unbranched alkanes of at least 4 members (excludes halogenated alkanes) is 5. The van der Waals surface area contributed by atoms with E-state index in [0.717, 1.165) is 26.1 Å². The van der Waals surface area contributed by atoms with Crippen molar-refractivity contribution in [2.24, 2.45) is 5.92 Å². The second-order valence-corrected chi connectivity index (χ2v) is 10.5. The topological polar surface area (TPSA) is 110 Å². The van der Waals surface area contributed by atoms with E-state index in [2.05, 4.69) is 20.8 Å². The molecule has 1 N–H and O–H groups in total. The van der Waals surface area contributed by atoms with Crippen LogP contribution in [0.5, 0.6) is 0 Å². The zero-order valence-electron chi connectivity index (χ0n) is 26.3. The number of carbonyl (C=O) groups excluding carboxylic acids is 1. The number of benzene rings is 1. The molecule has 1 rings (SSSR count). The van der Waals surface area contributed by atoms with Crippen molar-refractivity contribution < 1.29 is 43.1 Å². The molecule has 9 nitrogen and oxygen atoms in total. The molecule has 1 aromatic carbocycles. The Labute approximate surface area is 253 Å². The zero-order valence-corrected chi connectivity index (χ0v) is 26.3. The van der Waals surface area contributed by atoms with Crippen molar-refractivity contribution in [2.45, 2.75) is 91.1 Å². The van der Waals surface area contributed by atoms with E-state index in [0.29, 0.717) is 58.6 Å². The summed E-state index contributed by atoms with van der Waals surface area (Å²) < 4.78 is 34.1. The second-order valence-electron chi connectivity index (χ2n) is 10.5. The first kappa shape index (κ1) is 38.0. The quantitative estimate of drug-likeness (QED) is 0.0811. The zero-order chi connectivity index (χ0) is 30.7. The molecule has 0 aliphatic heterocycles. The van der Waals surface area contributed by atoms with E-state index in [4.69, 9.17) is 28.4 Å². The first-order valence-electron chi connectivity index (χ1n) is 15.9. The van der Waals surface area contributed by atoms with Crippen LogP contribution in [0.1, 0.15) is 106 Å². The lowest BCUT2D eigenvalue weighted by Gasteiger charge is -2.19. The summed E-state index contributed by atoms with van der Waals surface area (Å²) in [5.74, 6) is -1.29. The van der Waals surface area contributed by atoms with Crippen LogP contribution in [0.15, 0.2) is 24.3 Å². The summed E-state index contributed by atoms with van der Waals surface area (Å²) in [4.78, 5) is 24.1. The number of carboxylic acids is 1. The number of hydrogen-bond donors (Lipinski definition) is 1. The summed E-state index contributed by atoms with van der Waals surface area (Å²) >= 11 is 0. The smallest absolute Gasteiger partial charge is 0.339 e. The van der Waals surface area contributed by atoms with Crippen LogP contribution in [-0.2, 0) is 28.4 Å². The van der Waals surface area contributed by atoms with Crippen molar-refractivity contribution in [3.63, 3.8) is 0 Å². The predicted molar refractivity (Wildman–Crippen MR) is 163 cm³/mol. The molecule has 2 atom stereocenters. The van der Waals surface area contributed by atoms with E-state index >= 15 is 0 Å². The molecule has 0 saturated carbocycles. The van der Waals surface area contributed by atoms with Gasteiger partial charge in [-0.15, -0.1) is 0 Å². The Hall–Kier alpha value is -2.04. The molecule has 0 saturated heterocycles. The van der Waals surface area contributed by atoms with E-state index in [-0.39, 0.29) is 17.7 Å². The van der Waals surface area contributed by atoms with Crippen LogP contribution in [-0.4, -0.2) is 89.2 Å². The van der Waals surface area contributed by atoms with Gasteiger partial charge in [0, 0.05) is 26.2 Å². The van der Waals surface area contributed by atoms with E-state index in [1.807, 2.05) is 0 Å². The van der Waals surface area contributed by atoms with Gasteiger partial charge in [-0.3, -0.25) is 0 Å². The molecule has 0 aliphatic rings. The molecule has 0 bridgehead atoms. The standard InChI is InChI=1S/C33H56O9/c1-4-7-9-10-13-18-37-20-21-39-24-25-41-29(17-19-38-22-23-40-26-28(6-3)14-8-5-2)27-42-33(36)31-16-12-11-15-30(31)32(34)35/h11-12,15-16,28-29H,4-10,13-14,17-27H2,1-3H3,(H,34,35). The number of carboxylic acid groups (broad SMARTS) is 1. The summed E-state index contributed by atoms with van der Waals surface area (Å²) in [7, 11) is 0. The number of carbonyl (C=O) groups is 2. The van der Waals surface area contributed by atoms with Crippen LogP contribution in [0.4, 0.5) is 0 Å². The Kier molecular flexibility index (Phi) is 24.0. The molecule has 0 aliphatic carbocycles. The summed E-state index contributed by atoms with van der Waals surface area (Å²) in [6.07, 6.45) is 10.9. The Balaban J connectivity index is 2.38. The molecule has 42 heavy (non-hydrogen) atoms. The molecular weight excluding hydrogens is 540 g/mol. The molecule has 0 aromatic heterocycles. The van der Waals surface area contributed by atoms with Crippen LogP contribution in [0.2, 0.25) is 0 Å². The van der Waals surface area contributed by atoms with Crippen LogP contribution in [0.3, 0.4) is 0 Å². The average Bonchev–Trinajstić information content (AvgIpc) is 3.00. The van der Waals surface area contributed by atoms with Crippen molar-refractivity contribution >= 4 is 11.9 Å². The van der Waals surface area contributed by atoms with Gasteiger partial charge in [0.15, 0.2) is 0 Å². The molecule has 2 unspecified atom stereocenters. The van der Waals surface area contributed by atoms with Crippen molar-refractivity contribution in [3.05, 3.63) is 35.4 Å². The van der Waals surface area contributed by atoms with Gasteiger partial charge in [0.05, 0.1) is 56.9 Å². The Morgan fingerprint density at radius 2 is 1.29 bits per heavy atom. The minimum Gasteiger partial charge on any atom is -0.478 e. The van der Waals surface area contributed by atoms with Crippen molar-refractivity contribution in [1.82, 2.24) is 0 Å². The first-order chi connectivity index (χ1) is 20.5. The molecule has 9 heteroatoms. The van der Waals surface area contributed by atoms with Crippen LogP contribution in [0, 0.1) is 5.92 Å². The first-order valence-corrected chi connectivity index (χ1v) is 15.9. The van der Waals surface area contributed by atoms with E-state index in [1.165, 1.54) is 57.1 Å². The van der Waals surface area contributed by atoms with Gasteiger partial charge in [-0.2, -0.15) is 0 Å². The molecule has 0 radical (unpaired) electrons. The number of hydrogen-bond acceptors (Lipinski definition) is 8. The van der Waals surface area contributed by atoms with Gasteiger partial charge in [-0.05, 0) is 30.9 Å². The number of esters is 1. The molecule has 0 amide bonds. The van der Waals surface area contributed by atoms with Gasteiger partial charge in [-0.25, -0.2) is 9.59 Å². The van der Waals surface area contributed by atoms with Crippen LogP contribution < -0.4 is 0 Å². The van der Waals surface area contributed by atoms with Crippen LogP contribution in [0.25, 0.3) is 0 Å². The molecule has 1 aromatic rings. The molecule has 242 valence electrons. The maximum absolute atomic E-state index is 12.6. The maximum Gasteiger partial charge on any atom is 0.339 e. The Bertz CT molecular complexity index is 801. The van der Waals surface area contributed by atoms with E-state index in [9.17, 15) is 14.7 Å². The summed E-state index contributed by atoms with van der Waals surface area (Å²) in [5.41, 5.74) is -0.0879. The number of rotatable bonds is 29. The third-order valence-electron chi connectivity index (χ3n) is 6.98. The molecular formula is C33H56O9. The number of aromatic carboxylic acids is 1. The monoisotopic (exact) mass is 596 g/mol. The van der Waals surface area contributed by atoms with E-state index < -0.39 is 18.0 Å². The highest BCUT2D eigenvalue weighted by Crippen LogP contribution is 2.13. The molecule has 0 spiro atoms. The summed E-state index contributed by atoms with van der Waals surface area (Å²) in [6.45, 7) is 11.3. The predicted octanol–water partition coefficient (Wildman–Crippen LogP) is 6.57. The van der Waals surface area contributed by atoms with Crippen LogP contribution >= 0.6 is 0 Å². The fourth-order valence-corrected chi connectivity index (χ4v) is 4.29. The largest absolute Gasteiger partial charge is 0.478 e. The normalized spacial score (nSPS) is 12.7. The lowest BCUT2D eigenvalue weighted by molar-refractivity contribution is -0.0496. The third-order valence-corrected chi connectivity index (χ3v) is 6.98. The minimum atomic E-state index is -1.18. The highest BCUT2D eigenvalue weighted by molar-refractivity contribution is 6.02. The average molecular weight is 597 g/mol. The molecule has 0 fully saturated rings. The maximum atomic E-state index is 12.6. The van der Waals surface area contributed by atoms with Crippen molar-refractivity contribution in [1.29, 1.82) is 0 Å². The fourth-order valence-electron chi connectivity index (χ4n) is 4.29. The Morgan fingerprint density at radius 1 is 0.667 bits per heavy atom. The van der Waals surface area contributed by atoms with Gasteiger partial charge < -0.3 is 33.5 Å². The van der Waals surface area contributed by atoms with Gasteiger partial charge in [0.2, 0.25) is 0 Å². The van der Waals surface area contributed by atoms with Gasteiger partial charge >= 0.3 is 11.9 Å². The second kappa shape index (κ2) is 26.6. The van der Waals surface area contributed by atoms with E-state index in [1.54, 1.807) is 12.1 Å². The lowest BCUT2D eigenvalue weighted by atomic mass is 10.0. The third kappa shape index (κ3) is 19.2. The van der Waals surface area contributed by atoms with Crippen molar-refractivity contribution in [3.8, 4) is 0 Å². The highest BCUT2D eigenvalue weighted by Gasteiger charge is 2.19. The summed E-state index contributed by atoms with van der Waals surface area (Å²) in [6, 6.07) is 5.99. The van der Waals surface area contributed by atoms with Gasteiger partial charge in [0.25, 0.3) is 0 Å². The van der Waals surface area contributed by atoms with Crippen molar-refractivity contribution in [2.75, 3.05) is 66.1 Å². The number of ether oxygens (including phenoxy) is 6. The highest BCUT2D eigenvalue weighted by atomic mass is 16.6. The van der Waals surface area contributed by atoms with Gasteiger partial charge in [-0.1, -0.05) is 77.8 Å². The fraction of sp³-hybridized carbons (Fsp3) is 0.758. The summed E-state index contributed by atoms with van der Waals surface area (Å²) in [5, 5.41) is 9.38. The molecule has 0 heterocycles. The van der Waals surface area contributed by atoms with Gasteiger partial charge in [0.1, 0.15) is 6.61 Å². The Morgan fingerprint density at radius 3 is 1.98 bits per heavy atom. The lowest BCUT2D eigenvalue weighted by Crippen LogP contribution is -2.26.